The summed E-state index contributed by atoms with van der Waals surface area (Å²) in [6.07, 6.45) is 0. The smallest absolute Gasteiger partial charge is 0.317 e. The van der Waals surface area contributed by atoms with Gasteiger partial charge in [0.2, 0.25) is 0 Å². The average molecular weight is 224 g/mol. The molecule has 0 fully saturated rings. The largest absolute Gasteiger partial charge is 0.336 e. The summed E-state index contributed by atoms with van der Waals surface area (Å²) in [5.74, 6) is -0.282. The lowest BCUT2D eigenvalue weighted by atomic mass is 10.2. The average Bonchev–Trinajstić information content (AvgIpc) is 2.16. The second-order valence-electron chi connectivity index (χ2n) is 4.09. The van der Waals surface area contributed by atoms with Crippen molar-refractivity contribution in [1.29, 1.82) is 0 Å². The molecule has 3 nitrogen and oxygen atoms in total. The minimum atomic E-state index is -0.282. The van der Waals surface area contributed by atoms with E-state index in [0.29, 0.717) is 6.54 Å². The molecule has 0 saturated heterocycles. The van der Waals surface area contributed by atoms with E-state index in [0.717, 1.165) is 5.56 Å². The number of amides is 2. The molecule has 0 aliphatic carbocycles. The highest BCUT2D eigenvalue weighted by molar-refractivity contribution is 5.74. The Morgan fingerprint density at radius 3 is 2.75 bits per heavy atom. The summed E-state index contributed by atoms with van der Waals surface area (Å²) in [5, 5.41) is 2.77. The molecule has 0 bridgehead atoms. The van der Waals surface area contributed by atoms with E-state index in [-0.39, 0.29) is 17.9 Å². The van der Waals surface area contributed by atoms with Gasteiger partial charge in [-0.15, -0.1) is 0 Å². The fourth-order valence-corrected chi connectivity index (χ4v) is 1.34. The number of carbonyl (C=O) groups excluding carboxylic acids is 1. The van der Waals surface area contributed by atoms with Crippen molar-refractivity contribution in [2.24, 2.45) is 0 Å². The summed E-state index contributed by atoms with van der Waals surface area (Å²) >= 11 is 0. The van der Waals surface area contributed by atoms with Crippen LogP contribution in [0.4, 0.5) is 9.18 Å². The van der Waals surface area contributed by atoms with Gasteiger partial charge in [0.25, 0.3) is 0 Å². The summed E-state index contributed by atoms with van der Waals surface area (Å²) in [4.78, 5) is 13.1. The summed E-state index contributed by atoms with van der Waals surface area (Å²) in [6.45, 7) is 4.19. The highest BCUT2D eigenvalue weighted by Crippen LogP contribution is 2.06. The van der Waals surface area contributed by atoms with Gasteiger partial charge >= 0.3 is 6.03 Å². The zero-order valence-corrected chi connectivity index (χ0v) is 9.83. The Hall–Kier alpha value is -1.58. The minimum absolute atomic E-state index is 0.0995. The van der Waals surface area contributed by atoms with Crippen LogP contribution in [0.3, 0.4) is 0 Å². The van der Waals surface area contributed by atoms with E-state index in [1.807, 2.05) is 13.8 Å². The van der Waals surface area contributed by atoms with E-state index in [9.17, 15) is 9.18 Å². The molecule has 0 aliphatic rings. The first kappa shape index (κ1) is 12.5. The van der Waals surface area contributed by atoms with E-state index in [2.05, 4.69) is 5.32 Å². The van der Waals surface area contributed by atoms with Gasteiger partial charge in [-0.25, -0.2) is 9.18 Å². The lowest BCUT2D eigenvalue weighted by Gasteiger charge is -2.19. The van der Waals surface area contributed by atoms with Gasteiger partial charge in [-0.2, -0.15) is 0 Å². The maximum atomic E-state index is 12.9. The Balaban J connectivity index is 2.57. The van der Waals surface area contributed by atoms with Gasteiger partial charge in [-0.1, -0.05) is 12.1 Å². The van der Waals surface area contributed by atoms with Gasteiger partial charge in [-0.05, 0) is 31.5 Å². The van der Waals surface area contributed by atoms with E-state index in [1.165, 1.54) is 17.0 Å². The van der Waals surface area contributed by atoms with E-state index < -0.39 is 0 Å². The van der Waals surface area contributed by atoms with Gasteiger partial charge < -0.3 is 10.2 Å². The highest BCUT2D eigenvalue weighted by atomic mass is 19.1. The number of hydrogen-bond donors (Lipinski definition) is 1. The van der Waals surface area contributed by atoms with Crippen molar-refractivity contribution in [3.8, 4) is 0 Å². The summed E-state index contributed by atoms with van der Waals surface area (Å²) < 4.78 is 12.9. The first-order valence-corrected chi connectivity index (χ1v) is 5.25. The maximum absolute atomic E-state index is 12.9. The molecule has 1 rings (SSSR count). The van der Waals surface area contributed by atoms with Crippen LogP contribution in [-0.4, -0.2) is 24.0 Å². The molecule has 0 aromatic heterocycles. The second-order valence-corrected chi connectivity index (χ2v) is 4.09. The van der Waals surface area contributed by atoms with Crippen molar-refractivity contribution >= 4 is 6.03 Å². The molecule has 4 heteroatoms. The number of nitrogens with zero attached hydrogens (tertiary/aromatic N) is 1. The van der Waals surface area contributed by atoms with Crippen molar-refractivity contribution in [3.05, 3.63) is 35.6 Å². The van der Waals surface area contributed by atoms with Crippen molar-refractivity contribution < 1.29 is 9.18 Å². The summed E-state index contributed by atoms with van der Waals surface area (Å²) in [6, 6.07) is 6.19. The Labute approximate surface area is 95.3 Å². The minimum Gasteiger partial charge on any atom is -0.336 e. The number of halogens is 1. The molecule has 0 aliphatic heterocycles. The molecule has 1 aromatic rings. The van der Waals surface area contributed by atoms with Crippen LogP contribution in [0.1, 0.15) is 19.4 Å². The number of nitrogens with one attached hydrogen (secondary N) is 1. The van der Waals surface area contributed by atoms with E-state index in [1.54, 1.807) is 19.2 Å². The maximum Gasteiger partial charge on any atom is 0.317 e. The molecule has 0 radical (unpaired) electrons. The molecule has 0 spiro atoms. The standard InChI is InChI=1S/C12H17FN2O/c1-9(2)14-12(16)15(3)8-10-5-4-6-11(13)7-10/h4-7,9H,8H2,1-3H3,(H,14,16). The van der Waals surface area contributed by atoms with Crippen LogP contribution < -0.4 is 5.32 Å². The number of urea groups is 1. The summed E-state index contributed by atoms with van der Waals surface area (Å²) in [5.41, 5.74) is 0.779. The van der Waals surface area contributed by atoms with Gasteiger partial charge in [0.15, 0.2) is 0 Å². The zero-order valence-electron chi connectivity index (χ0n) is 9.83. The molecule has 0 atom stereocenters. The summed E-state index contributed by atoms with van der Waals surface area (Å²) in [7, 11) is 1.68. The number of carbonyl (C=O) groups is 1. The lowest BCUT2D eigenvalue weighted by molar-refractivity contribution is 0.204. The number of hydrogen-bond acceptors (Lipinski definition) is 1. The van der Waals surface area contributed by atoms with E-state index in [4.69, 9.17) is 0 Å². The van der Waals surface area contributed by atoms with Crippen LogP contribution >= 0.6 is 0 Å². The predicted octanol–water partition coefficient (Wildman–Crippen LogP) is 2.38. The molecule has 88 valence electrons. The normalized spacial score (nSPS) is 10.3. The quantitative estimate of drug-likeness (QED) is 0.840. The fourth-order valence-electron chi connectivity index (χ4n) is 1.34. The third kappa shape index (κ3) is 3.88. The van der Waals surface area contributed by atoms with Gasteiger partial charge in [0.1, 0.15) is 5.82 Å². The van der Waals surface area contributed by atoms with Gasteiger partial charge in [0, 0.05) is 19.6 Å². The van der Waals surface area contributed by atoms with Crippen LogP contribution in [0.25, 0.3) is 0 Å². The predicted molar refractivity (Wildman–Crippen MR) is 61.5 cm³/mol. The van der Waals surface area contributed by atoms with Crippen LogP contribution in [0.15, 0.2) is 24.3 Å². The molecule has 16 heavy (non-hydrogen) atoms. The number of rotatable bonds is 3. The monoisotopic (exact) mass is 224 g/mol. The number of benzene rings is 1. The van der Waals surface area contributed by atoms with Crippen LogP contribution in [0.5, 0.6) is 0 Å². The van der Waals surface area contributed by atoms with Gasteiger partial charge in [0.05, 0.1) is 0 Å². The Kier molecular flexibility index (Phi) is 4.28. The van der Waals surface area contributed by atoms with Gasteiger partial charge in [-0.3, -0.25) is 0 Å². The zero-order chi connectivity index (χ0) is 12.1. The van der Waals surface area contributed by atoms with Crippen LogP contribution in [0.2, 0.25) is 0 Å². The molecule has 1 aromatic carbocycles. The molecular weight excluding hydrogens is 207 g/mol. The fraction of sp³-hybridized carbons (Fsp3) is 0.417. The lowest BCUT2D eigenvalue weighted by Crippen LogP contribution is -2.40. The van der Waals surface area contributed by atoms with Crippen molar-refractivity contribution in [1.82, 2.24) is 10.2 Å². The van der Waals surface area contributed by atoms with Crippen molar-refractivity contribution in [2.75, 3.05) is 7.05 Å². The topological polar surface area (TPSA) is 32.3 Å². The molecule has 1 N–H and O–H groups in total. The molecular formula is C12H17FN2O. The third-order valence-corrected chi connectivity index (χ3v) is 2.07. The molecule has 2 amide bonds. The SMILES string of the molecule is CC(C)NC(=O)N(C)Cc1cccc(F)c1. The second kappa shape index (κ2) is 5.49. The van der Waals surface area contributed by atoms with E-state index >= 15 is 0 Å². The molecule has 0 heterocycles. The first-order chi connectivity index (χ1) is 7.49. The highest BCUT2D eigenvalue weighted by Gasteiger charge is 2.09. The Bertz CT molecular complexity index is 366. The van der Waals surface area contributed by atoms with Crippen molar-refractivity contribution in [3.63, 3.8) is 0 Å². The van der Waals surface area contributed by atoms with Crippen LogP contribution in [-0.2, 0) is 6.54 Å². The third-order valence-electron chi connectivity index (χ3n) is 2.07. The Morgan fingerprint density at radius 1 is 1.50 bits per heavy atom. The molecule has 0 unspecified atom stereocenters. The molecule has 0 saturated carbocycles. The Morgan fingerprint density at radius 2 is 2.19 bits per heavy atom. The first-order valence-electron chi connectivity index (χ1n) is 5.25. The van der Waals surface area contributed by atoms with Crippen LogP contribution in [0, 0.1) is 5.82 Å². The van der Waals surface area contributed by atoms with Crippen molar-refractivity contribution in [2.45, 2.75) is 26.4 Å².